The van der Waals surface area contributed by atoms with Crippen LogP contribution in [0.25, 0.3) is 16.7 Å². The normalized spacial score (nSPS) is 12.8. The van der Waals surface area contributed by atoms with Crippen molar-refractivity contribution in [3.63, 3.8) is 0 Å². The molecular formula is C25H16Cl2N2O4S2. The molecule has 1 aromatic heterocycles. The first-order valence-electron chi connectivity index (χ1n) is 10.0. The maximum absolute atomic E-state index is 13.5. The van der Waals surface area contributed by atoms with E-state index in [1.54, 1.807) is 73.9 Å². The Labute approximate surface area is 215 Å². The molecule has 0 amide bonds. The van der Waals surface area contributed by atoms with Gasteiger partial charge in [-0.25, -0.2) is 8.42 Å². The maximum atomic E-state index is 13.5. The molecule has 0 aliphatic heterocycles. The smallest absolute Gasteiger partial charge is 0.273 e. The van der Waals surface area contributed by atoms with Gasteiger partial charge in [-0.1, -0.05) is 53.5 Å². The molecule has 0 N–H and O–H groups in total. The molecule has 0 atom stereocenters. The third kappa shape index (κ3) is 4.90. The zero-order chi connectivity index (χ0) is 25.2. The standard InChI is InChI=1S/C25H16Cl2N2O4S2/c1-33-19-10-7-16(8-11-19)13-21-24(30)29(18-5-3-2-4-6-18)25(34-21)23(15-28)35(31,32)22-14-17(26)9-12-20(22)27/h2-14H,1H3. The van der Waals surface area contributed by atoms with E-state index in [2.05, 4.69) is 0 Å². The molecule has 35 heavy (non-hydrogen) atoms. The Balaban J connectivity index is 2.09. The fourth-order valence-electron chi connectivity index (χ4n) is 3.31. The molecule has 0 saturated heterocycles. The Morgan fingerprint density at radius 2 is 1.74 bits per heavy atom. The van der Waals surface area contributed by atoms with E-state index in [1.807, 2.05) is 0 Å². The summed E-state index contributed by atoms with van der Waals surface area (Å²) in [6.07, 6.45) is 1.63. The highest BCUT2D eigenvalue weighted by molar-refractivity contribution is 8.00. The first kappa shape index (κ1) is 24.8. The average Bonchev–Trinajstić information content (AvgIpc) is 3.17. The number of hydrogen-bond donors (Lipinski definition) is 0. The fraction of sp³-hybridized carbons (Fsp3) is 0.0400. The second-order valence-corrected chi connectivity index (χ2v) is 10.9. The van der Waals surface area contributed by atoms with Gasteiger partial charge >= 0.3 is 0 Å². The van der Waals surface area contributed by atoms with Crippen LogP contribution in [0.5, 0.6) is 5.75 Å². The van der Waals surface area contributed by atoms with Crippen LogP contribution in [0.1, 0.15) is 5.56 Å². The molecule has 0 aliphatic carbocycles. The number of halogens is 2. The number of thiazole rings is 1. The SMILES string of the molecule is COc1ccc(C=c2sc(=C(C#N)S(=O)(=O)c3cc(Cl)ccc3Cl)n(-c3ccccc3)c2=O)cc1. The summed E-state index contributed by atoms with van der Waals surface area (Å²) >= 11 is 13.1. The Kier molecular flexibility index (Phi) is 7.15. The van der Waals surface area contributed by atoms with Crippen molar-refractivity contribution in [2.24, 2.45) is 0 Å². The molecule has 176 valence electrons. The predicted molar refractivity (Wildman–Crippen MR) is 138 cm³/mol. The Hall–Kier alpha value is -3.35. The average molecular weight is 543 g/mol. The summed E-state index contributed by atoms with van der Waals surface area (Å²) in [5, 5.41) is 10.0. The quantitative estimate of drug-likeness (QED) is 0.378. The molecule has 4 aromatic rings. The topological polar surface area (TPSA) is 89.2 Å². The zero-order valence-corrected chi connectivity index (χ0v) is 21.3. The van der Waals surface area contributed by atoms with Crippen molar-refractivity contribution in [2.45, 2.75) is 4.90 Å². The molecule has 6 nitrogen and oxygen atoms in total. The first-order chi connectivity index (χ1) is 16.8. The fourth-order valence-corrected chi connectivity index (χ4v) is 6.70. The van der Waals surface area contributed by atoms with E-state index in [0.29, 0.717) is 17.0 Å². The summed E-state index contributed by atoms with van der Waals surface area (Å²) in [5.74, 6) is 0.653. The number of sulfone groups is 1. The van der Waals surface area contributed by atoms with Gasteiger partial charge in [0.15, 0.2) is 4.91 Å². The highest BCUT2D eigenvalue weighted by atomic mass is 35.5. The number of para-hydroxylation sites is 1. The van der Waals surface area contributed by atoms with E-state index in [0.717, 1.165) is 11.3 Å². The molecule has 10 heteroatoms. The minimum Gasteiger partial charge on any atom is -0.497 e. The third-order valence-corrected chi connectivity index (χ3v) is 8.64. The number of rotatable bonds is 5. The van der Waals surface area contributed by atoms with E-state index >= 15 is 0 Å². The van der Waals surface area contributed by atoms with Crippen LogP contribution >= 0.6 is 34.5 Å². The Morgan fingerprint density at radius 1 is 1.06 bits per heavy atom. The predicted octanol–water partition coefficient (Wildman–Crippen LogP) is 4.15. The summed E-state index contributed by atoms with van der Waals surface area (Å²) in [6.45, 7) is 0. The number of nitrogens with zero attached hydrogens (tertiary/aromatic N) is 2. The van der Waals surface area contributed by atoms with Gasteiger partial charge in [-0.3, -0.25) is 9.36 Å². The summed E-state index contributed by atoms with van der Waals surface area (Å²) in [7, 11) is -2.86. The number of benzene rings is 3. The van der Waals surface area contributed by atoms with Gasteiger partial charge in [0.25, 0.3) is 5.56 Å². The van der Waals surface area contributed by atoms with Crippen LogP contribution in [-0.4, -0.2) is 20.1 Å². The van der Waals surface area contributed by atoms with Gasteiger partial charge in [0.2, 0.25) is 9.84 Å². The van der Waals surface area contributed by atoms with Gasteiger partial charge in [-0.05, 0) is 54.1 Å². The van der Waals surface area contributed by atoms with Crippen molar-refractivity contribution in [2.75, 3.05) is 7.11 Å². The van der Waals surface area contributed by atoms with Gasteiger partial charge in [0.05, 0.1) is 27.2 Å². The van der Waals surface area contributed by atoms with Crippen LogP contribution in [-0.2, 0) is 9.84 Å². The number of aromatic nitrogens is 1. The first-order valence-corrected chi connectivity index (χ1v) is 13.1. The lowest BCUT2D eigenvalue weighted by Gasteiger charge is -2.07. The number of ether oxygens (including phenoxy) is 1. The molecule has 0 aliphatic rings. The zero-order valence-electron chi connectivity index (χ0n) is 18.1. The van der Waals surface area contributed by atoms with Crippen LogP contribution in [0.3, 0.4) is 0 Å². The van der Waals surface area contributed by atoms with Gasteiger partial charge in [-0.2, -0.15) is 5.26 Å². The Morgan fingerprint density at radius 3 is 2.37 bits per heavy atom. The van der Waals surface area contributed by atoms with Crippen LogP contribution in [0, 0.1) is 11.3 Å². The van der Waals surface area contributed by atoms with Crippen molar-refractivity contribution in [1.29, 1.82) is 5.26 Å². The molecule has 1 heterocycles. The molecule has 0 saturated carbocycles. The maximum Gasteiger partial charge on any atom is 0.273 e. The van der Waals surface area contributed by atoms with Crippen molar-refractivity contribution in [3.05, 3.63) is 108 Å². The molecule has 0 fully saturated rings. The van der Waals surface area contributed by atoms with Crippen LogP contribution in [0.15, 0.2) is 82.5 Å². The minimum atomic E-state index is -4.41. The van der Waals surface area contributed by atoms with Gasteiger partial charge in [0.1, 0.15) is 16.5 Å². The summed E-state index contributed by atoms with van der Waals surface area (Å²) in [4.78, 5) is 12.6. The third-order valence-electron chi connectivity index (χ3n) is 5.00. The summed E-state index contributed by atoms with van der Waals surface area (Å²) in [5.41, 5.74) is 0.653. The number of hydrogen-bond acceptors (Lipinski definition) is 6. The second kappa shape index (κ2) is 10.1. The number of methoxy groups -OCH3 is 1. The summed E-state index contributed by atoms with van der Waals surface area (Å²) in [6, 6.07) is 21.3. The highest BCUT2D eigenvalue weighted by Gasteiger charge is 2.27. The van der Waals surface area contributed by atoms with E-state index in [4.69, 9.17) is 27.9 Å². The lowest BCUT2D eigenvalue weighted by molar-refractivity contribution is 0.415. The van der Waals surface area contributed by atoms with Gasteiger partial charge in [0, 0.05) is 5.02 Å². The molecule has 0 radical (unpaired) electrons. The minimum absolute atomic E-state index is 0.0421. The van der Waals surface area contributed by atoms with Gasteiger partial charge in [-0.15, -0.1) is 11.3 Å². The molecule has 0 spiro atoms. The van der Waals surface area contributed by atoms with Crippen molar-refractivity contribution < 1.29 is 13.2 Å². The van der Waals surface area contributed by atoms with Crippen LogP contribution in [0.2, 0.25) is 10.0 Å². The Bertz CT molecular complexity index is 1740. The largest absolute Gasteiger partial charge is 0.497 e. The highest BCUT2D eigenvalue weighted by Crippen LogP contribution is 2.29. The molecule has 0 bridgehead atoms. The van der Waals surface area contributed by atoms with Gasteiger partial charge < -0.3 is 4.74 Å². The number of nitriles is 1. The lowest BCUT2D eigenvalue weighted by Crippen LogP contribution is -2.31. The molecule has 4 rings (SSSR count). The van der Waals surface area contributed by atoms with Crippen molar-refractivity contribution >= 4 is 55.4 Å². The monoisotopic (exact) mass is 542 g/mol. The molecular weight excluding hydrogens is 527 g/mol. The second-order valence-electron chi connectivity index (χ2n) is 7.18. The van der Waals surface area contributed by atoms with Crippen molar-refractivity contribution in [3.8, 4) is 17.5 Å². The van der Waals surface area contributed by atoms with E-state index < -0.39 is 20.3 Å². The van der Waals surface area contributed by atoms with E-state index in [9.17, 15) is 18.5 Å². The molecule has 3 aromatic carbocycles. The van der Waals surface area contributed by atoms with E-state index in [1.165, 1.54) is 22.8 Å². The summed E-state index contributed by atoms with van der Waals surface area (Å²) < 4.78 is 33.7. The molecule has 0 unspecified atom stereocenters. The van der Waals surface area contributed by atoms with E-state index in [-0.39, 0.29) is 24.1 Å². The van der Waals surface area contributed by atoms with Crippen LogP contribution in [0.4, 0.5) is 0 Å². The van der Waals surface area contributed by atoms with Crippen LogP contribution < -0.4 is 19.5 Å². The van der Waals surface area contributed by atoms with Crippen molar-refractivity contribution in [1.82, 2.24) is 4.57 Å². The lowest BCUT2D eigenvalue weighted by atomic mass is 10.2.